The molecule has 0 radical (unpaired) electrons. The lowest BCUT2D eigenvalue weighted by Gasteiger charge is -2.02. The van der Waals surface area contributed by atoms with Gasteiger partial charge in [0.25, 0.3) is 6.33 Å². The number of hydrogen-bond acceptors (Lipinski definition) is 1. The van der Waals surface area contributed by atoms with Gasteiger partial charge in [-0.1, -0.05) is 51.9 Å². The summed E-state index contributed by atoms with van der Waals surface area (Å²) in [5.74, 6) is 0. The molecule has 0 aliphatic rings. The Labute approximate surface area is 125 Å². The molecule has 1 aromatic heterocycles. The lowest BCUT2D eigenvalue weighted by molar-refractivity contribution is -0.700. The minimum Gasteiger partial charge on any atom is -0.237 e. The molecule has 1 heterocycles. The van der Waals surface area contributed by atoms with Crippen LogP contribution in [0.4, 0.5) is 13.2 Å². The highest BCUT2D eigenvalue weighted by Crippen LogP contribution is 2.18. The van der Waals surface area contributed by atoms with Crippen LogP contribution in [0.25, 0.3) is 0 Å². The van der Waals surface area contributed by atoms with E-state index in [-0.39, 0.29) is 6.54 Å². The predicted molar refractivity (Wildman–Crippen MR) is 75.7 cm³/mol. The summed E-state index contributed by atoms with van der Waals surface area (Å²) < 4.78 is 39.5. The molecule has 1 rings (SSSR count). The van der Waals surface area contributed by atoms with E-state index in [1.165, 1.54) is 49.4 Å². The zero-order valence-electron chi connectivity index (χ0n) is 12.9. The van der Waals surface area contributed by atoms with Gasteiger partial charge in [0.05, 0.1) is 13.0 Å². The van der Waals surface area contributed by atoms with Crippen molar-refractivity contribution in [3.63, 3.8) is 0 Å². The molecule has 0 amide bonds. The molecular weight excluding hydrogens is 279 g/mol. The zero-order valence-corrected chi connectivity index (χ0v) is 12.9. The molecule has 0 N–H and O–H groups in total. The van der Waals surface area contributed by atoms with Crippen molar-refractivity contribution in [2.75, 3.05) is 0 Å². The molecule has 3 nitrogen and oxygen atoms in total. The second-order valence-corrected chi connectivity index (χ2v) is 5.59. The molecule has 122 valence electrons. The summed E-state index contributed by atoms with van der Waals surface area (Å²) in [7, 11) is 0. The van der Waals surface area contributed by atoms with Crippen LogP contribution in [-0.2, 0) is 13.1 Å². The maximum absolute atomic E-state index is 12.1. The van der Waals surface area contributed by atoms with Crippen molar-refractivity contribution < 1.29 is 17.7 Å². The van der Waals surface area contributed by atoms with Gasteiger partial charge in [-0.25, -0.2) is 4.57 Å². The Morgan fingerprint density at radius 1 is 1.00 bits per heavy atom. The Morgan fingerprint density at radius 2 is 1.62 bits per heavy atom. The van der Waals surface area contributed by atoms with E-state index in [0.29, 0.717) is 0 Å². The van der Waals surface area contributed by atoms with Crippen LogP contribution in [0.2, 0.25) is 0 Å². The van der Waals surface area contributed by atoms with Gasteiger partial charge in [-0.2, -0.15) is 13.2 Å². The molecule has 0 bridgehead atoms. The topological polar surface area (TPSA) is 21.7 Å². The van der Waals surface area contributed by atoms with Gasteiger partial charge in [0, 0.05) is 5.10 Å². The third-order valence-corrected chi connectivity index (χ3v) is 3.52. The summed E-state index contributed by atoms with van der Waals surface area (Å²) in [4.78, 5) is 0. The van der Waals surface area contributed by atoms with Crippen molar-refractivity contribution in [2.45, 2.75) is 84.0 Å². The Kier molecular flexibility index (Phi) is 8.38. The molecule has 0 unspecified atom stereocenters. The van der Waals surface area contributed by atoms with Crippen molar-refractivity contribution >= 4 is 0 Å². The molecule has 21 heavy (non-hydrogen) atoms. The summed E-state index contributed by atoms with van der Waals surface area (Å²) in [6.45, 7) is 2.94. The largest absolute Gasteiger partial charge is 0.392 e. The molecule has 0 atom stereocenters. The van der Waals surface area contributed by atoms with E-state index >= 15 is 0 Å². The van der Waals surface area contributed by atoms with Crippen LogP contribution in [-0.4, -0.2) is 16.0 Å². The maximum atomic E-state index is 12.1. The van der Waals surface area contributed by atoms with Gasteiger partial charge in [-0.15, -0.1) is 4.68 Å². The number of halogens is 3. The molecule has 0 saturated carbocycles. The molecular formula is C15H27F3N3+. The van der Waals surface area contributed by atoms with Gasteiger partial charge >= 0.3 is 6.18 Å². The average Bonchev–Trinajstić information content (AvgIpc) is 2.87. The number of alkyl halides is 3. The first-order valence-corrected chi connectivity index (χ1v) is 7.99. The summed E-state index contributed by atoms with van der Waals surface area (Å²) in [5.41, 5.74) is 0. The fraction of sp³-hybridized carbons (Fsp3) is 0.867. The first kappa shape index (κ1) is 18.0. The van der Waals surface area contributed by atoms with Gasteiger partial charge in [-0.3, -0.25) is 0 Å². The minimum absolute atomic E-state index is 0.0546. The van der Waals surface area contributed by atoms with E-state index < -0.39 is 12.6 Å². The highest BCUT2D eigenvalue weighted by Gasteiger charge is 2.27. The van der Waals surface area contributed by atoms with E-state index in [1.807, 2.05) is 0 Å². The van der Waals surface area contributed by atoms with Crippen molar-refractivity contribution in [2.24, 2.45) is 0 Å². The first-order valence-electron chi connectivity index (χ1n) is 7.99. The third-order valence-electron chi connectivity index (χ3n) is 3.52. The lowest BCUT2D eigenvalue weighted by Crippen LogP contribution is -2.33. The third kappa shape index (κ3) is 9.47. The van der Waals surface area contributed by atoms with Gasteiger partial charge in [0.1, 0.15) is 6.54 Å². The summed E-state index contributed by atoms with van der Waals surface area (Å²) in [5, 5.41) is 4.09. The van der Waals surface area contributed by atoms with Crippen molar-refractivity contribution in [3.05, 3.63) is 12.7 Å². The van der Waals surface area contributed by atoms with E-state index in [2.05, 4.69) is 12.0 Å². The number of unbranched alkanes of at least 4 members (excludes halogenated alkanes) is 7. The van der Waals surface area contributed by atoms with Crippen molar-refractivity contribution in [1.29, 1.82) is 0 Å². The Morgan fingerprint density at radius 3 is 2.24 bits per heavy atom. The van der Waals surface area contributed by atoms with Gasteiger partial charge in [0.2, 0.25) is 6.33 Å². The van der Waals surface area contributed by atoms with E-state index in [1.54, 1.807) is 11.0 Å². The zero-order chi connectivity index (χ0) is 15.6. The highest BCUT2D eigenvalue weighted by molar-refractivity contribution is 4.51. The van der Waals surface area contributed by atoms with Gasteiger partial charge in [0.15, 0.2) is 0 Å². The molecule has 0 aliphatic heterocycles. The molecule has 0 spiro atoms. The van der Waals surface area contributed by atoms with Gasteiger partial charge < -0.3 is 0 Å². The minimum atomic E-state index is -4.10. The van der Waals surface area contributed by atoms with Crippen LogP contribution in [0.1, 0.15) is 64.7 Å². The second kappa shape index (κ2) is 9.79. The summed E-state index contributed by atoms with van der Waals surface area (Å²) >= 11 is 0. The van der Waals surface area contributed by atoms with E-state index in [9.17, 15) is 13.2 Å². The van der Waals surface area contributed by atoms with Crippen molar-refractivity contribution in [1.82, 2.24) is 9.78 Å². The number of rotatable bonds is 11. The standard InChI is InChI=1S/C15H27F3N3/c1-2-3-4-5-6-7-8-9-11-21-14-20(13-19-21)12-10-15(16,17)18/h13-14H,2-12H2,1H3/q+1. The summed E-state index contributed by atoms with van der Waals surface area (Å²) in [6.07, 6.45) is 8.17. The monoisotopic (exact) mass is 306 g/mol. The van der Waals surface area contributed by atoms with Crippen LogP contribution < -0.4 is 4.57 Å². The second-order valence-electron chi connectivity index (χ2n) is 5.59. The maximum Gasteiger partial charge on any atom is 0.392 e. The first-order chi connectivity index (χ1) is 10.0. The predicted octanol–water partition coefficient (Wildman–Crippen LogP) is 4.26. The van der Waals surface area contributed by atoms with Crippen LogP contribution in [0, 0.1) is 0 Å². The number of aromatic nitrogens is 3. The molecule has 0 saturated heterocycles. The number of nitrogens with zero attached hydrogens (tertiary/aromatic N) is 3. The SMILES string of the molecule is CCCCCCCCCCn1c[n+](CCC(F)(F)F)cn1. The normalized spacial score (nSPS) is 12.0. The average molecular weight is 306 g/mol. The van der Waals surface area contributed by atoms with E-state index in [4.69, 9.17) is 0 Å². The Bertz CT molecular complexity index is 374. The Balaban J connectivity index is 2.06. The fourth-order valence-electron chi connectivity index (χ4n) is 2.26. The fourth-order valence-corrected chi connectivity index (χ4v) is 2.26. The molecule has 0 aromatic carbocycles. The van der Waals surface area contributed by atoms with Crippen LogP contribution in [0.3, 0.4) is 0 Å². The van der Waals surface area contributed by atoms with Crippen LogP contribution >= 0.6 is 0 Å². The van der Waals surface area contributed by atoms with Gasteiger partial charge in [-0.05, 0) is 6.42 Å². The summed E-state index contributed by atoms with van der Waals surface area (Å²) in [6, 6.07) is 0. The Hall–Kier alpha value is -1.07. The van der Waals surface area contributed by atoms with E-state index in [0.717, 1.165) is 19.4 Å². The molecule has 0 aliphatic carbocycles. The smallest absolute Gasteiger partial charge is 0.237 e. The quantitative estimate of drug-likeness (QED) is 0.442. The lowest BCUT2D eigenvalue weighted by atomic mass is 10.1. The molecule has 6 heteroatoms. The highest BCUT2D eigenvalue weighted by atomic mass is 19.4. The number of hydrogen-bond donors (Lipinski definition) is 0. The molecule has 1 aromatic rings. The number of aryl methyl sites for hydroxylation is 2. The van der Waals surface area contributed by atoms with Crippen molar-refractivity contribution in [3.8, 4) is 0 Å². The molecule has 0 fully saturated rings. The van der Waals surface area contributed by atoms with Crippen LogP contribution in [0.15, 0.2) is 12.7 Å². The van der Waals surface area contributed by atoms with Crippen LogP contribution in [0.5, 0.6) is 0 Å².